The summed E-state index contributed by atoms with van der Waals surface area (Å²) in [6.45, 7) is 4.91. The Labute approximate surface area is 190 Å². The molecule has 0 unspecified atom stereocenters. The third kappa shape index (κ3) is 6.11. The van der Waals surface area contributed by atoms with E-state index in [-0.39, 0.29) is 21.4 Å². The summed E-state index contributed by atoms with van der Waals surface area (Å²) in [5.74, 6) is 0.142. The predicted octanol–water partition coefficient (Wildman–Crippen LogP) is 2.00. The van der Waals surface area contributed by atoms with Gasteiger partial charge in [0.1, 0.15) is 16.3 Å². The second kappa shape index (κ2) is 10.5. The van der Waals surface area contributed by atoms with Crippen LogP contribution in [0.1, 0.15) is 30.8 Å². The van der Waals surface area contributed by atoms with Crippen LogP contribution < -0.4 is 4.74 Å². The van der Waals surface area contributed by atoms with Crippen molar-refractivity contribution in [2.45, 2.75) is 30.1 Å². The molecule has 1 aromatic heterocycles. The van der Waals surface area contributed by atoms with Gasteiger partial charge in [-0.1, -0.05) is 19.9 Å². The van der Waals surface area contributed by atoms with Crippen LogP contribution in [0.3, 0.4) is 0 Å². The Kier molecular flexibility index (Phi) is 8.49. The normalized spacial score (nSPS) is 12.2. The third-order valence-electron chi connectivity index (χ3n) is 5.03. The Morgan fingerprint density at radius 3 is 2.31 bits per heavy atom. The predicted molar refractivity (Wildman–Crippen MR) is 122 cm³/mol. The molecular weight excluding hydrogens is 454 g/mol. The number of sulfonamides is 1. The van der Waals surface area contributed by atoms with Gasteiger partial charge < -0.3 is 14.2 Å². The van der Waals surface area contributed by atoms with Crippen molar-refractivity contribution in [1.82, 2.24) is 13.8 Å². The average molecular weight is 486 g/mol. The lowest BCUT2D eigenvalue weighted by atomic mass is 10.3. The average Bonchev–Trinajstić information content (AvgIpc) is 3.13. The highest BCUT2D eigenvalue weighted by atomic mass is 32.2. The Balaban J connectivity index is 1.98. The van der Waals surface area contributed by atoms with E-state index in [1.807, 2.05) is 0 Å². The van der Waals surface area contributed by atoms with Crippen LogP contribution >= 0.6 is 0 Å². The quantitative estimate of drug-likeness (QED) is 0.451. The number of benzene rings is 1. The zero-order valence-corrected chi connectivity index (χ0v) is 20.7. The molecule has 0 aliphatic heterocycles. The van der Waals surface area contributed by atoms with Crippen molar-refractivity contribution >= 4 is 25.8 Å². The zero-order valence-electron chi connectivity index (χ0n) is 19.1. The summed E-state index contributed by atoms with van der Waals surface area (Å²) in [7, 11) is -3.69. The fourth-order valence-corrected chi connectivity index (χ4v) is 5.37. The largest absolute Gasteiger partial charge is 0.493 e. The topological polar surface area (TPSA) is 106 Å². The summed E-state index contributed by atoms with van der Waals surface area (Å²) in [6.07, 6.45) is 3.10. The van der Waals surface area contributed by atoms with E-state index in [1.165, 1.54) is 38.2 Å². The van der Waals surface area contributed by atoms with Gasteiger partial charge in [-0.2, -0.15) is 4.31 Å². The monoisotopic (exact) mass is 485 g/mol. The lowest BCUT2D eigenvalue weighted by Gasteiger charge is -2.18. The van der Waals surface area contributed by atoms with Crippen LogP contribution in [0.25, 0.3) is 0 Å². The number of rotatable bonds is 11. The molecule has 0 aliphatic rings. The third-order valence-corrected chi connectivity index (χ3v) is 8.15. The van der Waals surface area contributed by atoms with Crippen LogP contribution in [-0.4, -0.2) is 76.1 Å². The number of amides is 1. The molecule has 1 amide bonds. The molecule has 178 valence electrons. The molecule has 1 heterocycles. The molecule has 2 rings (SSSR count). The maximum atomic E-state index is 12.8. The molecule has 0 aliphatic carbocycles. The number of carbonyl (C=O) groups excluding carboxylic acids is 1. The van der Waals surface area contributed by atoms with E-state index in [9.17, 15) is 21.6 Å². The molecule has 0 fully saturated rings. The lowest BCUT2D eigenvalue weighted by Crippen LogP contribution is -2.30. The maximum Gasteiger partial charge on any atom is 0.270 e. The summed E-state index contributed by atoms with van der Waals surface area (Å²) >= 11 is 0. The van der Waals surface area contributed by atoms with Gasteiger partial charge in [-0.05, 0) is 30.7 Å². The van der Waals surface area contributed by atoms with Crippen molar-refractivity contribution in [3.8, 4) is 5.75 Å². The Morgan fingerprint density at radius 1 is 1.06 bits per heavy atom. The Bertz CT molecular complexity index is 1150. The lowest BCUT2D eigenvalue weighted by molar-refractivity contribution is 0.0778. The summed E-state index contributed by atoms with van der Waals surface area (Å²) < 4.78 is 57.2. The van der Waals surface area contributed by atoms with Gasteiger partial charge in [0.25, 0.3) is 5.91 Å². The van der Waals surface area contributed by atoms with Crippen LogP contribution in [0.5, 0.6) is 5.75 Å². The fraction of sp³-hybridized carbons (Fsp3) is 0.476. The van der Waals surface area contributed by atoms with Gasteiger partial charge in [0.2, 0.25) is 10.0 Å². The first-order valence-electron chi connectivity index (χ1n) is 10.3. The molecule has 9 nitrogen and oxygen atoms in total. The van der Waals surface area contributed by atoms with Crippen LogP contribution in [0, 0.1) is 0 Å². The summed E-state index contributed by atoms with van der Waals surface area (Å²) in [6, 6.07) is 7.65. The molecular formula is C21H31N3O6S2. The molecule has 0 atom stereocenters. The fourth-order valence-electron chi connectivity index (χ4n) is 3.18. The van der Waals surface area contributed by atoms with Crippen molar-refractivity contribution in [1.29, 1.82) is 0 Å². The van der Waals surface area contributed by atoms with E-state index in [0.29, 0.717) is 38.4 Å². The van der Waals surface area contributed by atoms with Crippen LogP contribution in [0.2, 0.25) is 0 Å². The minimum absolute atomic E-state index is 0.0922. The number of aryl methyl sites for hydroxylation is 1. The molecule has 0 bridgehead atoms. The molecule has 2 aromatic rings. The van der Waals surface area contributed by atoms with Gasteiger partial charge in [-0.15, -0.1) is 0 Å². The van der Waals surface area contributed by atoms with Crippen LogP contribution in [0.4, 0.5) is 0 Å². The van der Waals surface area contributed by atoms with Crippen molar-refractivity contribution in [2.75, 3.05) is 39.5 Å². The molecule has 0 N–H and O–H groups in total. The maximum absolute atomic E-state index is 12.8. The van der Waals surface area contributed by atoms with E-state index in [1.54, 1.807) is 40.1 Å². The number of ether oxygens (including phenoxy) is 1. The van der Waals surface area contributed by atoms with Crippen molar-refractivity contribution in [2.24, 2.45) is 7.05 Å². The van der Waals surface area contributed by atoms with E-state index in [0.717, 1.165) is 6.26 Å². The molecule has 0 spiro atoms. The number of carbonyl (C=O) groups is 1. The molecule has 0 saturated carbocycles. The standard InChI is InChI=1S/C21H31N3O6S2/c1-6-24(7-2)32(28,29)19-15-20(23(4)16-19)21(25)22(3)12-9-13-30-17-10-8-11-18(14-17)31(5,26)27/h8,10-11,14-16H,6-7,9,12-13H2,1-5H3. The molecule has 1 aromatic carbocycles. The van der Waals surface area contributed by atoms with E-state index in [2.05, 4.69) is 0 Å². The van der Waals surface area contributed by atoms with Crippen molar-refractivity contribution < 1.29 is 26.4 Å². The highest BCUT2D eigenvalue weighted by molar-refractivity contribution is 7.90. The highest BCUT2D eigenvalue weighted by Gasteiger charge is 2.26. The molecule has 0 radical (unpaired) electrons. The number of aromatic nitrogens is 1. The van der Waals surface area contributed by atoms with Crippen LogP contribution in [-0.2, 0) is 26.9 Å². The first-order valence-corrected chi connectivity index (χ1v) is 13.6. The van der Waals surface area contributed by atoms with Gasteiger partial charge in [0.05, 0.1) is 11.5 Å². The minimum atomic E-state index is -3.65. The first kappa shape index (κ1) is 25.9. The number of hydrogen-bond acceptors (Lipinski definition) is 6. The summed E-state index contributed by atoms with van der Waals surface area (Å²) in [5, 5.41) is 0. The highest BCUT2D eigenvalue weighted by Crippen LogP contribution is 2.20. The second-order valence-corrected chi connectivity index (χ2v) is 11.4. The summed E-state index contributed by atoms with van der Waals surface area (Å²) in [4.78, 5) is 14.6. The van der Waals surface area contributed by atoms with Gasteiger partial charge >= 0.3 is 0 Å². The van der Waals surface area contributed by atoms with Gasteiger partial charge in [-0.3, -0.25) is 4.79 Å². The Morgan fingerprint density at radius 2 is 1.72 bits per heavy atom. The van der Waals surface area contributed by atoms with Crippen LogP contribution in [0.15, 0.2) is 46.3 Å². The first-order chi connectivity index (χ1) is 14.9. The van der Waals surface area contributed by atoms with Gasteiger partial charge in [0, 0.05) is 46.2 Å². The molecule has 11 heteroatoms. The van der Waals surface area contributed by atoms with Gasteiger partial charge in [0.15, 0.2) is 9.84 Å². The molecule has 0 saturated heterocycles. The minimum Gasteiger partial charge on any atom is -0.493 e. The number of nitrogens with zero attached hydrogens (tertiary/aromatic N) is 3. The zero-order chi connectivity index (χ0) is 24.1. The van der Waals surface area contributed by atoms with E-state index in [4.69, 9.17) is 4.74 Å². The number of sulfone groups is 1. The molecule has 32 heavy (non-hydrogen) atoms. The van der Waals surface area contributed by atoms with Crippen molar-refractivity contribution in [3.05, 3.63) is 42.2 Å². The van der Waals surface area contributed by atoms with E-state index >= 15 is 0 Å². The summed E-state index contributed by atoms with van der Waals surface area (Å²) in [5.41, 5.74) is 0.278. The second-order valence-electron chi connectivity index (χ2n) is 7.44. The SMILES string of the molecule is CCN(CC)S(=O)(=O)c1cc(C(=O)N(C)CCCOc2cccc(S(C)(=O)=O)c2)n(C)c1. The smallest absolute Gasteiger partial charge is 0.270 e. The van der Waals surface area contributed by atoms with Crippen molar-refractivity contribution in [3.63, 3.8) is 0 Å². The van der Waals surface area contributed by atoms with E-state index < -0.39 is 19.9 Å². The van der Waals surface area contributed by atoms with Gasteiger partial charge in [-0.25, -0.2) is 16.8 Å². The number of hydrogen-bond donors (Lipinski definition) is 0. The Hall–Kier alpha value is -2.37.